The number of benzene rings is 2. The maximum absolute atomic E-state index is 12.8. The normalized spacial score (nSPS) is 16.2. The molecule has 1 aliphatic heterocycles. The highest BCUT2D eigenvalue weighted by Gasteiger charge is 2.33. The summed E-state index contributed by atoms with van der Waals surface area (Å²) in [5.41, 5.74) is 2.70. The molecule has 1 atom stereocenters. The highest BCUT2D eigenvalue weighted by molar-refractivity contribution is 7.99. The van der Waals surface area contributed by atoms with E-state index >= 15 is 0 Å². The number of pyridine rings is 1. The van der Waals surface area contributed by atoms with Crippen LogP contribution in [0.2, 0.25) is 0 Å². The van der Waals surface area contributed by atoms with E-state index in [4.69, 9.17) is 4.74 Å². The van der Waals surface area contributed by atoms with Gasteiger partial charge in [-0.05, 0) is 24.6 Å². The van der Waals surface area contributed by atoms with E-state index in [1.54, 1.807) is 24.9 Å². The number of fused-ring (bicyclic) bond motifs is 1. The SMILES string of the molecule is CCOC(=O)C1=C(CSc2ccnc3ccccc23)NC(=O)NC1c1ccccc1. The molecule has 0 bridgehead atoms. The molecule has 6 nitrogen and oxygen atoms in total. The Morgan fingerprint density at radius 1 is 1.10 bits per heavy atom. The summed E-state index contributed by atoms with van der Waals surface area (Å²) in [6.07, 6.45) is 1.76. The Morgan fingerprint density at radius 3 is 2.67 bits per heavy atom. The fourth-order valence-corrected chi connectivity index (χ4v) is 4.44. The van der Waals surface area contributed by atoms with E-state index < -0.39 is 12.0 Å². The summed E-state index contributed by atoms with van der Waals surface area (Å²) in [6, 6.07) is 18.3. The predicted molar refractivity (Wildman–Crippen MR) is 117 cm³/mol. The molecule has 152 valence electrons. The number of carbonyl (C=O) groups is 2. The first kappa shape index (κ1) is 20.0. The van der Waals surface area contributed by atoms with Crippen LogP contribution in [0, 0.1) is 0 Å². The fraction of sp³-hybridized carbons (Fsp3) is 0.174. The molecule has 4 rings (SSSR count). The van der Waals surface area contributed by atoms with Gasteiger partial charge in [0.25, 0.3) is 0 Å². The lowest BCUT2D eigenvalue weighted by atomic mass is 9.95. The van der Waals surface area contributed by atoms with Crippen LogP contribution in [0.5, 0.6) is 0 Å². The summed E-state index contributed by atoms with van der Waals surface area (Å²) in [6.45, 7) is 2.02. The molecule has 2 aromatic carbocycles. The number of hydrogen-bond acceptors (Lipinski definition) is 5. The maximum Gasteiger partial charge on any atom is 0.338 e. The first-order valence-corrected chi connectivity index (χ1v) is 10.6. The molecule has 0 aliphatic carbocycles. The summed E-state index contributed by atoms with van der Waals surface area (Å²) in [5.74, 6) is -0.0205. The van der Waals surface area contributed by atoms with Gasteiger partial charge in [-0.3, -0.25) is 4.98 Å². The fourth-order valence-electron chi connectivity index (χ4n) is 3.42. The van der Waals surface area contributed by atoms with Crippen LogP contribution in [-0.4, -0.2) is 29.3 Å². The van der Waals surface area contributed by atoms with E-state index in [1.807, 2.05) is 60.7 Å². The van der Waals surface area contributed by atoms with Gasteiger partial charge in [0.2, 0.25) is 0 Å². The minimum absolute atomic E-state index is 0.257. The van der Waals surface area contributed by atoms with E-state index in [-0.39, 0.29) is 12.6 Å². The molecule has 3 aromatic rings. The summed E-state index contributed by atoms with van der Waals surface area (Å²) < 4.78 is 5.31. The number of carbonyl (C=O) groups excluding carboxylic acids is 2. The highest BCUT2D eigenvalue weighted by atomic mass is 32.2. The van der Waals surface area contributed by atoms with Crippen molar-refractivity contribution in [3.8, 4) is 0 Å². The minimum Gasteiger partial charge on any atom is -0.463 e. The number of ether oxygens (including phenoxy) is 1. The van der Waals surface area contributed by atoms with Crippen LogP contribution in [0.25, 0.3) is 10.9 Å². The molecule has 2 N–H and O–H groups in total. The van der Waals surface area contributed by atoms with Gasteiger partial charge >= 0.3 is 12.0 Å². The van der Waals surface area contributed by atoms with Crippen molar-refractivity contribution in [2.75, 3.05) is 12.4 Å². The topological polar surface area (TPSA) is 80.3 Å². The third-order valence-electron chi connectivity index (χ3n) is 4.76. The number of aromatic nitrogens is 1. The molecular weight excluding hydrogens is 398 g/mol. The molecule has 0 fully saturated rings. The van der Waals surface area contributed by atoms with Crippen LogP contribution < -0.4 is 10.6 Å². The van der Waals surface area contributed by atoms with Gasteiger partial charge in [0.15, 0.2) is 0 Å². The number of thioether (sulfide) groups is 1. The van der Waals surface area contributed by atoms with Crippen LogP contribution in [0.15, 0.2) is 83.0 Å². The van der Waals surface area contributed by atoms with Gasteiger partial charge in [0, 0.05) is 27.9 Å². The van der Waals surface area contributed by atoms with Gasteiger partial charge in [0.1, 0.15) is 0 Å². The largest absolute Gasteiger partial charge is 0.463 e. The number of urea groups is 1. The van der Waals surface area contributed by atoms with Crippen LogP contribution in [0.4, 0.5) is 4.79 Å². The Morgan fingerprint density at radius 2 is 1.87 bits per heavy atom. The van der Waals surface area contributed by atoms with Gasteiger partial charge in [-0.2, -0.15) is 0 Å². The number of rotatable bonds is 6. The summed E-state index contributed by atoms with van der Waals surface area (Å²) in [5, 5.41) is 6.70. The molecule has 30 heavy (non-hydrogen) atoms. The average Bonchev–Trinajstić information content (AvgIpc) is 2.78. The number of esters is 1. The molecule has 2 amide bonds. The van der Waals surface area contributed by atoms with Crippen molar-refractivity contribution < 1.29 is 14.3 Å². The van der Waals surface area contributed by atoms with Crippen molar-refractivity contribution in [2.24, 2.45) is 0 Å². The van der Waals surface area contributed by atoms with Crippen molar-refractivity contribution in [2.45, 2.75) is 17.9 Å². The van der Waals surface area contributed by atoms with Crippen LogP contribution in [0.3, 0.4) is 0 Å². The second-order valence-electron chi connectivity index (χ2n) is 6.67. The summed E-state index contributed by atoms with van der Waals surface area (Å²) in [4.78, 5) is 30.6. The van der Waals surface area contributed by atoms with Crippen LogP contribution in [0.1, 0.15) is 18.5 Å². The first-order valence-electron chi connectivity index (χ1n) is 9.66. The van der Waals surface area contributed by atoms with Crippen molar-refractivity contribution in [3.05, 3.63) is 83.7 Å². The second kappa shape index (κ2) is 9.00. The molecule has 0 saturated heterocycles. The Labute approximate surface area is 178 Å². The van der Waals surface area contributed by atoms with Crippen LogP contribution in [-0.2, 0) is 9.53 Å². The Hall–Kier alpha value is -3.32. The molecule has 0 radical (unpaired) electrons. The Bertz CT molecular complexity index is 1110. The zero-order valence-electron chi connectivity index (χ0n) is 16.4. The third kappa shape index (κ3) is 4.16. The molecule has 7 heteroatoms. The lowest BCUT2D eigenvalue weighted by molar-refractivity contribution is -0.139. The molecule has 0 saturated carbocycles. The average molecular weight is 420 g/mol. The third-order valence-corrected chi connectivity index (χ3v) is 5.86. The van der Waals surface area contributed by atoms with E-state index in [0.717, 1.165) is 21.4 Å². The number of nitrogens with one attached hydrogen (secondary N) is 2. The number of para-hydroxylation sites is 1. The quantitative estimate of drug-likeness (QED) is 0.462. The molecule has 2 heterocycles. The monoisotopic (exact) mass is 419 g/mol. The van der Waals surface area contributed by atoms with E-state index in [9.17, 15) is 9.59 Å². The number of nitrogens with zero attached hydrogens (tertiary/aromatic N) is 1. The van der Waals surface area contributed by atoms with Gasteiger partial charge in [0.05, 0.1) is 23.7 Å². The Kier molecular flexibility index (Phi) is 5.99. The lowest BCUT2D eigenvalue weighted by Gasteiger charge is -2.29. The molecule has 0 spiro atoms. The van der Waals surface area contributed by atoms with Gasteiger partial charge in [-0.25, -0.2) is 9.59 Å². The number of amides is 2. The Balaban J connectivity index is 1.71. The van der Waals surface area contributed by atoms with Crippen molar-refractivity contribution in [1.29, 1.82) is 0 Å². The first-order chi connectivity index (χ1) is 14.7. The van der Waals surface area contributed by atoms with Crippen LogP contribution >= 0.6 is 11.8 Å². The van der Waals surface area contributed by atoms with Crippen molar-refractivity contribution >= 4 is 34.7 Å². The zero-order valence-corrected chi connectivity index (χ0v) is 17.2. The maximum atomic E-state index is 12.8. The zero-order chi connectivity index (χ0) is 20.9. The van der Waals surface area contributed by atoms with Gasteiger partial charge in [-0.1, -0.05) is 48.5 Å². The molecule has 1 unspecified atom stereocenters. The molecular formula is C23H21N3O3S. The van der Waals surface area contributed by atoms with Gasteiger partial charge < -0.3 is 15.4 Å². The van der Waals surface area contributed by atoms with Gasteiger partial charge in [-0.15, -0.1) is 11.8 Å². The molecule has 1 aromatic heterocycles. The van der Waals surface area contributed by atoms with E-state index in [0.29, 0.717) is 17.0 Å². The number of hydrogen-bond donors (Lipinski definition) is 2. The standard InChI is InChI=1S/C23H21N3O3S/c1-2-29-22(27)20-18(25-23(28)26-21(20)15-8-4-3-5-9-15)14-30-19-12-13-24-17-11-7-6-10-16(17)19/h3-13,21H,2,14H2,1H3,(H2,25,26,28). The molecule has 1 aliphatic rings. The highest BCUT2D eigenvalue weighted by Crippen LogP contribution is 2.32. The predicted octanol–water partition coefficient (Wildman–Crippen LogP) is 4.20. The summed E-state index contributed by atoms with van der Waals surface area (Å²) in [7, 11) is 0. The lowest BCUT2D eigenvalue weighted by Crippen LogP contribution is -2.46. The van der Waals surface area contributed by atoms with Crippen molar-refractivity contribution in [3.63, 3.8) is 0 Å². The van der Waals surface area contributed by atoms with Crippen molar-refractivity contribution in [1.82, 2.24) is 15.6 Å². The van der Waals surface area contributed by atoms with E-state index in [2.05, 4.69) is 15.6 Å². The van der Waals surface area contributed by atoms with E-state index in [1.165, 1.54) is 0 Å². The smallest absolute Gasteiger partial charge is 0.338 e. The second-order valence-corrected chi connectivity index (χ2v) is 7.69. The minimum atomic E-state index is -0.566. The summed E-state index contributed by atoms with van der Waals surface area (Å²) >= 11 is 1.55.